The maximum absolute atomic E-state index is 12.6. The SMILES string of the molecule is O=C(CCCn1cccn1)N1C[C@@H](CN2CCOCC2)C[C@H](CO)C1. The molecule has 0 radical (unpaired) electrons. The zero-order chi connectivity index (χ0) is 17.5. The second-order valence-corrected chi connectivity index (χ2v) is 7.23. The highest BCUT2D eigenvalue weighted by molar-refractivity contribution is 5.76. The van der Waals surface area contributed by atoms with Crippen LogP contribution in [0.25, 0.3) is 0 Å². The normalized spacial score (nSPS) is 25.2. The van der Waals surface area contributed by atoms with Crippen molar-refractivity contribution in [2.24, 2.45) is 11.8 Å². The van der Waals surface area contributed by atoms with Crippen molar-refractivity contribution in [3.05, 3.63) is 18.5 Å². The fourth-order valence-electron chi connectivity index (χ4n) is 3.92. The lowest BCUT2D eigenvalue weighted by Crippen LogP contribution is -2.49. The van der Waals surface area contributed by atoms with Gasteiger partial charge in [0, 0.05) is 64.7 Å². The van der Waals surface area contributed by atoms with Crippen molar-refractivity contribution in [3.8, 4) is 0 Å². The summed E-state index contributed by atoms with van der Waals surface area (Å²) in [5.41, 5.74) is 0. The Morgan fingerprint density at radius 1 is 1.24 bits per heavy atom. The first-order chi connectivity index (χ1) is 12.2. The van der Waals surface area contributed by atoms with Gasteiger partial charge < -0.3 is 14.7 Å². The molecule has 2 saturated heterocycles. The van der Waals surface area contributed by atoms with Crippen molar-refractivity contribution >= 4 is 5.91 Å². The van der Waals surface area contributed by atoms with Crippen LogP contribution >= 0.6 is 0 Å². The highest BCUT2D eigenvalue weighted by atomic mass is 16.5. The zero-order valence-corrected chi connectivity index (χ0v) is 14.9. The molecule has 2 atom stereocenters. The summed E-state index contributed by atoms with van der Waals surface area (Å²) in [6, 6.07) is 1.90. The van der Waals surface area contributed by atoms with Gasteiger partial charge in [-0.15, -0.1) is 0 Å². The highest BCUT2D eigenvalue weighted by Gasteiger charge is 2.30. The molecule has 140 valence electrons. The highest BCUT2D eigenvalue weighted by Crippen LogP contribution is 2.24. The molecule has 7 heteroatoms. The minimum absolute atomic E-state index is 0.163. The van der Waals surface area contributed by atoms with E-state index in [0.29, 0.717) is 18.9 Å². The van der Waals surface area contributed by atoms with Crippen molar-refractivity contribution in [1.82, 2.24) is 19.6 Å². The van der Waals surface area contributed by atoms with Crippen molar-refractivity contribution < 1.29 is 14.6 Å². The van der Waals surface area contributed by atoms with Crippen LogP contribution in [-0.2, 0) is 16.1 Å². The molecule has 0 spiro atoms. The minimum Gasteiger partial charge on any atom is -0.396 e. The van der Waals surface area contributed by atoms with E-state index >= 15 is 0 Å². The second kappa shape index (κ2) is 9.31. The average Bonchev–Trinajstić information content (AvgIpc) is 3.15. The van der Waals surface area contributed by atoms with E-state index in [1.54, 1.807) is 6.20 Å². The Morgan fingerprint density at radius 3 is 2.76 bits per heavy atom. The zero-order valence-electron chi connectivity index (χ0n) is 14.9. The molecule has 0 bridgehead atoms. The van der Waals surface area contributed by atoms with E-state index in [1.165, 1.54) is 0 Å². The molecule has 1 N–H and O–H groups in total. The molecule has 2 fully saturated rings. The number of carbonyl (C=O) groups is 1. The van der Waals surface area contributed by atoms with Crippen molar-refractivity contribution in [2.75, 3.05) is 52.5 Å². The van der Waals surface area contributed by atoms with Crippen LogP contribution in [0, 0.1) is 11.8 Å². The summed E-state index contributed by atoms with van der Waals surface area (Å²) in [6.07, 6.45) is 6.03. The van der Waals surface area contributed by atoms with Gasteiger partial charge in [-0.1, -0.05) is 0 Å². The first-order valence-electron chi connectivity index (χ1n) is 9.40. The van der Waals surface area contributed by atoms with Crippen LogP contribution in [0.15, 0.2) is 18.5 Å². The van der Waals surface area contributed by atoms with Crippen LogP contribution in [0.5, 0.6) is 0 Å². The van der Waals surface area contributed by atoms with Gasteiger partial charge in [0.1, 0.15) is 0 Å². The lowest BCUT2D eigenvalue weighted by Gasteiger charge is -2.40. The van der Waals surface area contributed by atoms with Gasteiger partial charge in [0.25, 0.3) is 0 Å². The Hall–Kier alpha value is -1.44. The molecule has 1 amide bonds. The topological polar surface area (TPSA) is 70.8 Å². The number of carbonyl (C=O) groups excluding carboxylic acids is 1. The number of aliphatic hydroxyl groups excluding tert-OH is 1. The third kappa shape index (κ3) is 5.52. The van der Waals surface area contributed by atoms with E-state index in [-0.39, 0.29) is 18.4 Å². The Balaban J connectivity index is 1.47. The number of hydrogen-bond acceptors (Lipinski definition) is 5. The summed E-state index contributed by atoms with van der Waals surface area (Å²) in [5.74, 6) is 0.853. The molecule has 7 nitrogen and oxygen atoms in total. The fraction of sp³-hybridized carbons (Fsp3) is 0.778. The summed E-state index contributed by atoms with van der Waals surface area (Å²) >= 11 is 0. The largest absolute Gasteiger partial charge is 0.396 e. The van der Waals surface area contributed by atoms with E-state index in [4.69, 9.17) is 4.74 Å². The molecule has 25 heavy (non-hydrogen) atoms. The molecule has 0 aliphatic carbocycles. The van der Waals surface area contributed by atoms with Crippen LogP contribution in [0.4, 0.5) is 0 Å². The van der Waals surface area contributed by atoms with Crippen molar-refractivity contribution in [3.63, 3.8) is 0 Å². The maximum Gasteiger partial charge on any atom is 0.222 e. The number of hydrogen-bond donors (Lipinski definition) is 1. The van der Waals surface area contributed by atoms with E-state index in [2.05, 4.69) is 10.00 Å². The standard InChI is InChI=1S/C18H30N4O3/c23-15-17-11-16(12-20-7-9-25-10-8-20)13-21(14-17)18(24)3-1-5-22-6-2-4-19-22/h2,4,6,16-17,23H,1,3,5,7-15H2/t16-,17+/m1/s1. The molecule has 3 rings (SSSR count). The number of aromatic nitrogens is 2. The van der Waals surface area contributed by atoms with E-state index < -0.39 is 0 Å². The molecule has 1 aromatic rings. The molecular weight excluding hydrogens is 320 g/mol. The average molecular weight is 350 g/mol. The molecule has 3 heterocycles. The monoisotopic (exact) mass is 350 g/mol. The molecule has 2 aliphatic rings. The van der Waals surface area contributed by atoms with Crippen LogP contribution in [0.3, 0.4) is 0 Å². The second-order valence-electron chi connectivity index (χ2n) is 7.23. The lowest BCUT2D eigenvalue weighted by atomic mass is 9.89. The Kier molecular flexibility index (Phi) is 6.84. The van der Waals surface area contributed by atoms with E-state index in [0.717, 1.165) is 58.8 Å². The van der Waals surface area contributed by atoms with Gasteiger partial charge in [-0.3, -0.25) is 14.4 Å². The molecule has 1 aromatic heterocycles. The van der Waals surface area contributed by atoms with E-state index in [9.17, 15) is 9.90 Å². The number of rotatable bonds is 7. The van der Waals surface area contributed by atoms with Gasteiger partial charge in [-0.25, -0.2) is 0 Å². The van der Waals surface area contributed by atoms with Crippen molar-refractivity contribution in [1.29, 1.82) is 0 Å². The van der Waals surface area contributed by atoms with Gasteiger partial charge in [-0.05, 0) is 30.7 Å². The molecule has 0 saturated carbocycles. The predicted molar refractivity (Wildman–Crippen MR) is 94.0 cm³/mol. The van der Waals surface area contributed by atoms with Gasteiger partial charge in [0.05, 0.1) is 13.2 Å². The summed E-state index contributed by atoms with van der Waals surface area (Å²) in [7, 11) is 0. The fourth-order valence-corrected chi connectivity index (χ4v) is 3.92. The quantitative estimate of drug-likeness (QED) is 0.773. The number of amides is 1. The smallest absolute Gasteiger partial charge is 0.222 e. The third-order valence-electron chi connectivity index (χ3n) is 5.19. The number of morpholine rings is 1. The predicted octanol–water partition coefficient (Wildman–Crippen LogP) is 0.453. The number of ether oxygens (including phenoxy) is 1. The van der Waals surface area contributed by atoms with Gasteiger partial charge in [0.2, 0.25) is 5.91 Å². The summed E-state index contributed by atoms with van der Waals surface area (Å²) in [6.45, 7) is 6.97. The Labute approximate surface area is 149 Å². The Bertz CT molecular complexity index is 516. The number of piperidine rings is 1. The van der Waals surface area contributed by atoms with Gasteiger partial charge in [0.15, 0.2) is 0 Å². The molecule has 2 aliphatic heterocycles. The summed E-state index contributed by atoms with van der Waals surface area (Å²) in [5, 5.41) is 13.8. The number of likely N-dealkylation sites (tertiary alicyclic amines) is 1. The van der Waals surface area contributed by atoms with Crippen LogP contribution < -0.4 is 0 Å². The third-order valence-corrected chi connectivity index (χ3v) is 5.19. The van der Waals surface area contributed by atoms with Gasteiger partial charge in [-0.2, -0.15) is 5.10 Å². The van der Waals surface area contributed by atoms with Crippen LogP contribution in [-0.4, -0.2) is 83.1 Å². The number of aryl methyl sites for hydroxylation is 1. The van der Waals surface area contributed by atoms with Crippen molar-refractivity contribution in [2.45, 2.75) is 25.8 Å². The first-order valence-corrected chi connectivity index (χ1v) is 9.40. The first kappa shape index (κ1) is 18.4. The maximum atomic E-state index is 12.6. The lowest BCUT2D eigenvalue weighted by molar-refractivity contribution is -0.135. The molecule has 0 aromatic carbocycles. The van der Waals surface area contributed by atoms with Crippen LogP contribution in [0.1, 0.15) is 19.3 Å². The Morgan fingerprint density at radius 2 is 2.04 bits per heavy atom. The molecule has 0 unspecified atom stereocenters. The summed E-state index contributed by atoms with van der Waals surface area (Å²) in [4.78, 5) is 17.0. The van der Waals surface area contributed by atoms with Gasteiger partial charge >= 0.3 is 0 Å². The molecular formula is C18H30N4O3. The number of nitrogens with zero attached hydrogens (tertiary/aromatic N) is 4. The van der Waals surface area contributed by atoms with Crippen LogP contribution in [0.2, 0.25) is 0 Å². The number of aliphatic hydroxyl groups is 1. The summed E-state index contributed by atoms with van der Waals surface area (Å²) < 4.78 is 7.27. The minimum atomic E-state index is 0.163. The van der Waals surface area contributed by atoms with E-state index in [1.807, 2.05) is 21.8 Å².